The molecule has 1 amide bonds. The van der Waals surface area contributed by atoms with E-state index in [9.17, 15) is 4.79 Å². The molecule has 1 aromatic rings. The molecular formula is C16H23BrClN3O2. The predicted octanol–water partition coefficient (Wildman–Crippen LogP) is 4.75. The number of rotatable bonds is 3. The minimum Gasteiger partial charge on any atom is -0.444 e. The third-order valence-corrected chi connectivity index (χ3v) is 4.70. The Hall–Kier alpha value is -1.01. The van der Waals surface area contributed by atoms with Crippen LogP contribution in [0.1, 0.15) is 46.5 Å². The average Bonchev–Trinajstić information content (AvgIpc) is 2.41. The Morgan fingerprint density at radius 3 is 2.74 bits per heavy atom. The molecule has 1 heterocycles. The molecule has 0 aliphatic heterocycles. The Labute approximate surface area is 150 Å². The van der Waals surface area contributed by atoms with Crippen molar-refractivity contribution >= 4 is 39.3 Å². The number of carbonyl (C=O) groups is 1. The summed E-state index contributed by atoms with van der Waals surface area (Å²) in [5, 5.41) is 6.87. The number of hydrogen-bond acceptors (Lipinski definition) is 4. The Morgan fingerprint density at radius 2 is 2.09 bits per heavy atom. The molecule has 0 spiro atoms. The number of nitrogens with zero attached hydrogens (tertiary/aromatic N) is 1. The molecule has 2 N–H and O–H groups in total. The number of halogens is 2. The molecule has 2 unspecified atom stereocenters. The van der Waals surface area contributed by atoms with E-state index < -0.39 is 5.60 Å². The van der Waals surface area contributed by atoms with Gasteiger partial charge in [0.1, 0.15) is 10.8 Å². The van der Waals surface area contributed by atoms with E-state index in [-0.39, 0.29) is 12.1 Å². The van der Waals surface area contributed by atoms with Gasteiger partial charge >= 0.3 is 6.09 Å². The summed E-state index contributed by atoms with van der Waals surface area (Å²) in [5.74, 6) is 0. The molecule has 23 heavy (non-hydrogen) atoms. The highest BCUT2D eigenvalue weighted by atomic mass is 79.9. The summed E-state index contributed by atoms with van der Waals surface area (Å²) in [5.41, 5.74) is 0.446. The van der Waals surface area contributed by atoms with Gasteiger partial charge in [-0.05, 0) is 68.5 Å². The summed E-state index contributed by atoms with van der Waals surface area (Å²) in [7, 11) is 0. The first kappa shape index (κ1) is 18.3. The number of carbonyl (C=O) groups excluding carboxylic acids is 1. The number of anilines is 1. The standard InChI is InChI=1S/C16H23BrClN3O2/c1-16(2,3)23-15(22)21-11-6-4-5-10(7-11)20-12-8-13(17)14(18)19-9-12/h8-11,20H,4-7H2,1-3H3,(H,21,22). The second-order valence-corrected chi connectivity index (χ2v) is 8.06. The first-order chi connectivity index (χ1) is 10.7. The summed E-state index contributed by atoms with van der Waals surface area (Å²) in [6, 6.07) is 2.33. The van der Waals surface area contributed by atoms with E-state index in [0.29, 0.717) is 11.2 Å². The SMILES string of the molecule is CC(C)(C)OC(=O)NC1CCCC(Nc2cnc(Cl)c(Br)c2)C1. The minimum absolute atomic E-state index is 0.125. The zero-order valence-electron chi connectivity index (χ0n) is 13.7. The molecule has 1 fully saturated rings. The highest BCUT2D eigenvalue weighted by molar-refractivity contribution is 9.10. The molecule has 0 aromatic carbocycles. The van der Waals surface area contributed by atoms with E-state index in [2.05, 4.69) is 31.5 Å². The number of amides is 1. The molecule has 2 rings (SSSR count). The van der Waals surface area contributed by atoms with Crippen molar-refractivity contribution < 1.29 is 9.53 Å². The van der Waals surface area contributed by atoms with E-state index in [1.165, 1.54) is 0 Å². The van der Waals surface area contributed by atoms with E-state index in [1.807, 2.05) is 26.8 Å². The maximum absolute atomic E-state index is 11.9. The second-order valence-electron chi connectivity index (χ2n) is 6.85. The summed E-state index contributed by atoms with van der Waals surface area (Å²) >= 11 is 9.28. The van der Waals surface area contributed by atoms with Crippen molar-refractivity contribution in [2.75, 3.05) is 5.32 Å². The summed E-state index contributed by atoms with van der Waals surface area (Å²) in [6.45, 7) is 5.59. The smallest absolute Gasteiger partial charge is 0.407 e. The molecule has 128 valence electrons. The summed E-state index contributed by atoms with van der Waals surface area (Å²) < 4.78 is 6.09. The molecule has 1 aromatic heterocycles. The normalized spacial score (nSPS) is 21.6. The van der Waals surface area contributed by atoms with E-state index >= 15 is 0 Å². The quantitative estimate of drug-likeness (QED) is 0.714. The molecule has 0 radical (unpaired) electrons. The summed E-state index contributed by atoms with van der Waals surface area (Å²) in [4.78, 5) is 16.0. The average molecular weight is 405 g/mol. The lowest BCUT2D eigenvalue weighted by Crippen LogP contribution is -2.43. The van der Waals surface area contributed by atoms with Crippen molar-refractivity contribution in [2.45, 2.75) is 64.1 Å². The number of nitrogens with one attached hydrogen (secondary N) is 2. The van der Waals surface area contributed by atoms with Crippen LogP contribution in [0.4, 0.5) is 10.5 Å². The lowest BCUT2D eigenvalue weighted by molar-refractivity contribution is 0.0492. The van der Waals surface area contributed by atoms with E-state index in [0.717, 1.165) is 35.8 Å². The lowest BCUT2D eigenvalue weighted by atomic mass is 9.91. The molecule has 0 bridgehead atoms. The minimum atomic E-state index is -0.475. The van der Waals surface area contributed by atoms with E-state index in [4.69, 9.17) is 16.3 Å². The predicted molar refractivity (Wildman–Crippen MR) is 96.0 cm³/mol. The largest absolute Gasteiger partial charge is 0.444 e. The van der Waals surface area contributed by atoms with Gasteiger partial charge < -0.3 is 15.4 Å². The van der Waals surface area contributed by atoms with Gasteiger partial charge in [0.15, 0.2) is 0 Å². The first-order valence-corrected chi connectivity index (χ1v) is 8.97. The van der Waals surface area contributed by atoms with Crippen LogP contribution in [0.5, 0.6) is 0 Å². The maximum atomic E-state index is 11.9. The zero-order chi connectivity index (χ0) is 17.0. The molecule has 0 saturated heterocycles. The van der Waals surface area contributed by atoms with Gasteiger partial charge in [-0.2, -0.15) is 0 Å². The molecule has 2 atom stereocenters. The van der Waals surface area contributed by atoms with Gasteiger partial charge in [0.05, 0.1) is 16.4 Å². The number of aromatic nitrogens is 1. The van der Waals surface area contributed by atoms with Gasteiger partial charge in [-0.3, -0.25) is 0 Å². The van der Waals surface area contributed by atoms with Crippen molar-refractivity contribution in [2.24, 2.45) is 0 Å². The zero-order valence-corrected chi connectivity index (χ0v) is 16.0. The molecule has 7 heteroatoms. The van der Waals surface area contributed by atoms with Gasteiger partial charge in [0, 0.05) is 12.1 Å². The fourth-order valence-electron chi connectivity index (χ4n) is 2.66. The van der Waals surface area contributed by atoms with Crippen molar-refractivity contribution in [3.63, 3.8) is 0 Å². The monoisotopic (exact) mass is 403 g/mol. The van der Waals surface area contributed by atoms with Crippen LogP contribution in [-0.4, -0.2) is 28.8 Å². The van der Waals surface area contributed by atoms with Gasteiger partial charge in [-0.15, -0.1) is 0 Å². The van der Waals surface area contributed by atoms with Crippen LogP contribution >= 0.6 is 27.5 Å². The van der Waals surface area contributed by atoms with Crippen LogP contribution in [0.3, 0.4) is 0 Å². The van der Waals surface area contributed by atoms with Crippen LogP contribution in [0.15, 0.2) is 16.7 Å². The third-order valence-electron chi connectivity index (χ3n) is 3.56. The van der Waals surface area contributed by atoms with Gasteiger partial charge in [0.25, 0.3) is 0 Å². The highest BCUT2D eigenvalue weighted by Gasteiger charge is 2.25. The topological polar surface area (TPSA) is 63.2 Å². The maximum Gasteiger partial charge on any atom is 0.407 e. The Balaban J connectivity index is 1.88. The molecule has 1 aliphatic carbocycles. The van der Waals surface area contributed by atoms with Crippen LogP contribution in [0, 0.1) is 0 Å². The van der Waals surface area contributed by atoms with Gasteiger partial charge in [-0.25, -0.2) is 9.78 Å². The van der Waals surface area contributed by atoms with Crippen LogP contribution in [-0.2, 0) is 4.74 Å². The molecular weight excluding hydrogens is 382 g/mol. The summed E-state index contributed by atoms with van der Waals surface area (Å²) in [6.07, 6.45) is 5.32. The molecule has 1 aliphatic rings. The third kappa shape index (κ3) is 6.18. The fourth-order valence-corrected chi connectivity index (χ4v) is 3.11. The lowest BCUT2D eigenvalue weighted by Gasteiger charge is -2.31. The number of alkyl carbamates (subject to hydrolysis) is 1. The Kier molecular flexibility index (Phi) is 6.14. The van der Waals surface area contributed by atoms with E-state index in [1.54, 1.807) is 6.20 Å². The Morgan fingerprint density at radius 1 is 1.39 bits per heavy atom. The molecule has 1 saturated carbocycles. The van der Waals surface area contributed by atoms with Gasteiger partial charge in [0.2, 0.25) is 0 Å². The molecule has 5 nitrogen and oxygen atoms in total. The van der Waals surface area contributed by atoms with Crippen molar-refractivity contribution in [1.82, 2.24) is 10.3 Å². The number of hydrogen-bond donors (Lipinski definition) is 2. The van der Waals surface area contributed by atoms with Crippen molar-refractivity contribution in [3.05, 3.63) is 21.9 Å². The van der Waals surface area contributed by atoms with Crippen LogP contribution in [0.2, 0.25) is 5.15 Å². The number of ether oxygens (including phenoxy) is 1. The highest BCUT2D eigenvalue weighted by Crippen LogP contribution is 2.26. The fraction of sp³-hybridized carbons (Fsp3) is 0.625. The van der Waals surface area contributed by atoms with Crippen LogP contribution < -0.4 is 10.6 Å². The van der Waals surface area contributed by atoms with Crippen molar-refractivity contribution in [3.8, 4) is 0 Å². The van der Waals surface area contributed by atoms with Gasteiger partial charge in [-0.1, -0.05) is 11.6 Å². The van der Waals surface area contributed by atoms with Crippen molar-refractivity contribution in [1.29, 1.82) is 0 Å². The second kappa shape index (κ2) is 7.71. The number of pyridine rings is 1. The van der Waals surface area contributed by atoms with Crippen LogP contribution in [0.25, 0.3) is 0 Å². The Bertz CT molecular complexity index is 563. The first-order valence-electron chi connectivity index (χ1n) is 7.80.